The molecular weight excluding hydrogens is 655 g/mol. The summed E-state index contributed by atoms with van der Waals surface area (Å²) in [5.41, 5.74) is 21.3. The minimum absolute atomic E-state index is 0.771. The molecule has 0 bridgehead atoms. The molecule has 0 saturated heterocycles. The fourth-order valence-corrected chi connectivity index (χ4v) is 7.20. The van der Waals surface area contributed by atoms with Crippen LogP contribution in [-0.4, -0.2) is 36.8 Å². The normalized spacial score (nSPS) is 11.3. The van der Waals surface area contributed by atoms with Crippen molar-refractivity contribution in [3.63, 3.8) is 0 Å². The summed E-state index contributed by atoms with van der Waals surface area (Å²) in [7, 11) is 0. The third-order valence-corrected chi connectivity index (χ3v) is 10.5. The van der Waals surface area contributed by atoms with Crippen molar-refractivity contribution in [3.05, 3.63) is 75.3 Å². The van der Waals surface area contributed by atoms with Gasteiger partial charge in [0.25, 0.3) is 0 Å². The quantitative estimate of drug-likeness (QED) is 0.0270. The van der Waals surface area contributed by atoms with Crippen molar-refractivity contribution in [2.75, 3.05) is 36.0 Å². The molecule has 2 aromatic rings. The van der Waals surface area contributed by atoms with Crippen LogP contribution in [0.15, 0.2) is 47.5 Å². The van der Waals surface area contributed by atoms with Crippen LogP contribution in [0.4, 0.5) is 11.4 Å². The van der Waals surface area contributed by atoms with Crippen LogP contribution >= 0.6 is 0 Å². The number of allylic oxidation sites excluding steroid dienone is 2. The molecule has 0 atom stereocenters. The minimum atomic E-state index is 0.771. The van der Waals surface area contributed by atoms with Gasteiger partial charge >= 0.3 is 44.9 Å². The zero-order valence-electron chi connectivity index (χ0n) is 34.0. The van der Waals surface area contributed by atoms with Crippen LogP contribution in [0.25, 0.3) is 11.1 Å². The Morgan fingerprint density at radius 3 is 1.44 bits per heavy atom. The van der Waals surface area contributed by atoms with Crippen LogP contribution in [0.5, 0.6) is 0 Å². The van der Waals surface area contributed by atoms with E-state index in [1.807, 2.05) is 14.4 Å². The van der Waals surface area contributed by atoms with Gasteiger partial charge in [0.05, 0.1) is 5.57 Å². The van der Waals surface area contributed by atoms with Gasteiger partial charge in [0, 0.05) is 37.6 Å². The first-order valence-electron chi connectivity index (χ1n) is 20.3. The molecule has 0 N–H and O–H groups in total. The molecule has 5 heteroatoms. The van der Waals surface area contributed by atoms with E-state index in [0.29, 0.717) is 0 Å². The molecule has 0 spiro atoms. The van der Waals surface area contributed by atoms with Gasteiger partial charge in [-0.2, -0.15) is 0 Å². The summed E-state index contributed by atoms with van der Waals surface area (Å²) in [6, 6.07) is 14.6. The van der Waals surface area contributed by atoms with Crippen LogP contribution in [-0.2, 0) is 27.3 Å². The molecule has 0 amide bonds. The monoisotopic (exact) mass is 729 g/mol. The van der Waals surface area contributed by atoms with Crippen molar-refractivity contribution >= 4 is 22.8 Å². The van der Waals surface area contributed by atoms with E-state index < -0.39 is 0 Å². The summed E-state index contributed by atoms with van der Waals surface area (Å²) in [6.45, 7) is 26.2. The number of nitrogens with zero attached hydrogens (tertiary/aromatic N) is 4. The van der Waals surface area contributed by atoms with Crippen LogP contribution < -0.4 is 9.80 Å². The molecule has 0 aliphatic carbocycles. The van der Waals surface area contributed by atoms with Crippen LogP contribution in [0, 0.1) is 0 Å². The van der Waals surface area contributed by atoms with E-state index in [9.17, 15) is 5.53 Å². The molecule has 0 radical (unpaired) electrons. The average Bonchev–Trinajstić information content (AvgIpc) is 3.12. The second-order valence-electron chi connectivity index (χ2n) is 13.0. The van der Waals surface area contributed by atoms with Gasteiger partial charge in [0.2, 0.25) is 0 Å². The fraction of sp³-hybridized carbons (Fsp3) is 0.644. The van der Waals surface area contributed by atoms with Gasteiger partial charge in [-0.15, -0.1) is 4.79 Å². The third kappa shape index (κ3) is 15.8. The van der Waals surface area contributed by atoms with E-state index in [4.69, 9.17) is 0 Å². The predicted molar refractivity (Wildman–Crippen MR) is 220 cm³/mol. The van der Waals surface area contributed by atoms with Gasteiger partial charge in [-0.1, -0.05) is 84.4 Å². The molecular formula is C45H74N4Ni. The van der Waals surface area contributed by atoms with E-state index in [2.05, 4.69) is 126 Å². The summed E-state index contributed by atoms with van der Waals surface area (Å²) in [4.78, 5) is 8.40. The summed E-state index contributed by atoms with van der Waals surface area (Å²) in [5.74, 6) is 3.03. The van der Waals surface area contributed by atoms with Crippen molar-refractivity contribution in [2.24, 2.45) is 0 Å². The second-order valence-corrected chi connectivity index (χ2v) is 14.9. The number of rotatable bonds is 24. The number of unbranched alkanes of at least 4 members (excludes halogenated alkanes) is 6. The van der Waals surface area contributed by atoms with Crippen LogP contribution in [0.3, 0.4) is 0 Å². The molecule has 0 saturated carbocycles. The Kier molecular flexibility index (Phi) is 25.5. The summed E-state index contributed by atoms with van der Waals surface area (Å²) >= 11 is 1.82. The zero-order chi connectivity index (χ0) is 37.1. The predicted octanol–water partition coefficient (Wildman–Crippen LogP) is 13.4. The first kappa shape index (κ1) is 45.5. The van der Waals surface area contributed by atoms with E-state index in [-0.39, 0.29) is 0 Å². The Morgan fingerprint density at radius 1 is 0.600 bits per heavy atom. The molecule has 0 unspecified atom stereocenters. The van der Waals surface area contributed by atoms with Crippen molar-refractivity contribution < 1.29 is 19.2 Å². The number of aryl methyl sites for hydroxylation is 2. The average molecular weight is 730 g/mol. The van der Waals surface area contributed by atoms with Gasteiger partial charge < -0.3 is 15.3 Å². The molecule has 284 valence electrons. The number of benzene rings is 2. The van der Waals surface area contributed by atoms with Gasteiger partial charge in [0.1, 0.15) is 0 Å². The molecule has 0 fully saturated rings. The molecule has 50 heavy (non-hydrogen) atoms. The standard InChI is InChI=1S/C41H64N4.2C2H5.Ni/c1-9-17-20-23-33-26-34(24-21-18-10-2)28-36(27-33)41(40(25-22-19-11-3)35(12-4)32-43-42)37-29-38(44(13-5)14-6)31-39(30-37)45(15-7)16-8;2*1-2;/h26-31H,9-25H2,1-8H3;2*1H2,2H3;. The summed E-state index contributed by atoms with van der Waals surface area (Å²) in [5, 5.41) is 2.56. The van der Waals surface area contributed by atoms with Gasteiger partial charge in [-0.3, -0.25) is 0 Å². The molecule has 0 aliphatic rings. The molecule has 2 rings (SSSR count). The van der Waals surface area contributed by atoms with E-state index in [0.717, 1.165) is 63.9 Å². The van der Waals surface area contributed by atoms with Gasteiger partial charge in [0.15, 0.2) is 0 Å². The topological polar surface area (TPSA) is 42.9 Å². The van der Waals surface area contributed by atoms with E-state index >= 15 is 0 Å². The fourth-order valence-electron chi connectivity index (χ4n) is 6.71. The van der Waals surface area contributed by atoms with Crippen molar-refractivity contribution in [1.82, 2.24) is 0 Å². The Hall–Kier alpha value is -2.57. The molecule has 2 aromatic carbocycles. The molecule has 0 aliphatic heterocycles. The molecule has 0 aromatic heterocycles. The SMILES string of the molecule is CCCCCC(C(=C=[N+]=[N-])CC)=C(c1cc(CCCCC)cc(CCCCC)c1)c1cc(N(CC)CC)cc(N(CC)CC)c1.C[CH2][Ni][CH2]C. The van der Waals surface area contributed by atoms with Crippen LogP contribution in [0.2, 0.25) is 10.8 Å². The zero-order valence-corrected chi connectivity index (χ0v) is 35.0. The maximum absolute atomic E-state index is 9.76. The van der Waals surface area contributed by atoms with E-state index in [1.54, 1.807) is 0 Å². The molecule has 4 nitrogen and oxygen atoms in total. The Labute approximate surface area is 315 Å². The van der Waals surface area contributed by atoms with Crippen molar-refractivity contribution in [2.45, 2.75) is 163 Å². The van der Waals surface area contributed by atoms with E-state index in [1.165, 1.54) is 107 Å². The summed E-state index contributed by atoms with van der Waals surface area (Å²) in [6.07, 6.45) is 14.8. The summed E-state index contributed by atoms with van der Waals surface area (Å²) < 4.78 is 0. The Bertz CT molecular complexity index is 1260. The first-order valence-corrected chi connectivity index (χ1v) is 21.7. The number of anilines is 2. The maximum atomic E-state index is 9.76. The first-order chi connectivity index (χ1) is 24.4. The third-order valence-electron chi connectivity index (χ3n) is 9.48. The Balaban J connectivity index is 0.00000232. The van der Waals surface area contributed by atoms with Gasteiger partial charge in [-0.05, 0) is 124 Å². The van der Waals surface area contributed by atoms with Crippen LogP contribution in [0.1, 0.15) is 162 Å². The van der Waals surface area contributed by atoms with Gasteiger partial charge in [-0.25, -0.2) is 0 Å². The molecule has 0 heterocycles. The number of hydrogen-bond donors (Lipinski definition) is 0. The van der Waals surface area contributed by atoms with Crippen molar-refractivity contribution in [1.29, 1.82) is 0 Å². The number of hydrogen-bond acceptors (Lipinski definition) is 2. The van der Waals surface area contributed by atoms with Crippen molar-refractivity contribution in [3.8, 4) is 0 Å². The Morgan fingerprint density at radius 2 is 1.06 bits per heavy atom. The second kappa shape index (κ2) is 28.1.